The number of hydrogen-bond acceptors (Lipinski definition) is 2. The highest BCUT2D eigenvalue weighted by Gasteiger charge is 2.29. The third-order valence-electron chi connectivity index (χ3n) is 2.69. The number of nitrogens with one attached hydrogen (secondary N) is 1. The van der Waals surface area contributed by atoms with Crippen LogP contribution < -0.4 is 5.32 Å². The topological polar surface area (TPSA) is 15.3 Å². The lowest BCUT2D eigenvalue weighted by Crippen LogP contribution is -2.50. The third kappa shape index (κ3) is 1.41. The van der Waals surface area contributed by atoms with Gasteiger partial charge in [0.25, 0.3) is 0 Å². The van der Waals surface area contributed by atoms with E-state index in [1.165, 1.54) is 5.70 Å². The van der Waals surface area contributed by atoms with Crippen LogP contribution >= 0.6 is 0 Å². The molecule has 0 fully saturated rings. The molecule has 1 rings (SSSR count). The zero-order valence-corrected chi connectivity index (χ0v) is 7.94. The Morgan fingerprint density at radius 1 is 1.64 bits per heavy atom. The summed E-state index contributed by atoms with van der Waals surface area (Å²) >= 11 is 0. The lowest BCUT2D eigenvalue weighted by molar-refractivity contribution is 0.188. The molecule has 0 aromatic heterocycles. The molecule has 1 N–H and O–H groups in total. The van der Waals surface area contributed by atoms with Gasteiger partial charge in [-0.25, -0.2) is 0 Å². The van der Waals surface area contributed by atoms with Crippen LogP contribution in [-0.2, 0) is 0 Å². The van der Waals surface area contributed by atoms with Crippen LogP contribution in [0.2, 0.25) is 0 Å². The lowest BCUT2D eigenvalue weighted by Gasteiger charge is -2.40. The van der Waals surface area contributed by atoms with E-state index in [1.54, 1.807) is 0 Å². The minimum absolute atomic E-state index is 0.187. The van der Waals surface area contributed by atoms with Crippen molar-refractivity contribution in [2.45, 2.75) is 26.3 Å². The minimum atomic E-state index is 0.187. The first-order chi connectivity index (χ1) is 5.09. The summed E-state index contributed by atoms with van der Waals surface area (Å²) in [6.07, 6.45) is 2.26. The quantitative estimate of drug-likeness (QED) is 0.657. The molecule has 0 radical (unpaired) electrons. The van der Waals surface area contributed by atoms with Crippen molar-refractivity contribution in [2.75, 3.05) is 20.1 Å². The molecule has 11 heavy (non-hydrogen) atoms. The van der Waals surface area contributed by atoms with E-state index in [0.717, 1.165) is 13.1 Å². The van der Waals surface area contributed by atoms with Crippen molar-refractivity contribution in [2.24, 2.45) is 0 Å². The highest BCUT2D eigenvalue weighted by atomic mass is 15.2. The molecule has 0 aromatic carbocycles. The zero-order chi connectivity index (χ0) is 8.48. The monoisotopic (exact) mass is 154 g/mol. The molecule has 1 aliphatic rings. The second-order valence-electron chi connectivity index (χ2n) is 3.57. The Morgan fingerprint density at radius 3 is 2.45 bits per heavy atom. The maximum Gasteiger partial charge on any atom is 0.0545 e. The molecule has 1 heterocycles. The number of hydrogen-bond donors (Lipinski definition) is 1. The van der Waals surface area contributed by atoms with Gasteiger partial charge in [0.05, 0.1) is 5.54 Å². The fraction of sp³-hybridized carbons (Fsp3) is 0.778. The third-order valence-corrected chi connectivity index (χ3v) is 2.69. The molecular weight excluding hydrogens is 136 g/mol. The summed E-state index contributed by atoms with van der Waals surface area (Å²) in [5, 5.41) is 3.32. The van der Waals surface area contributed by atoms with Crippen LogP contribution in [0.3, 0.4) is 0 Å². The van der Waals surface area contributed by atoms with E-state index in [2.05, 4.69) is 44.1 Å². The maximum absolute atomic E-state index is 3.32. The molecule has 0 bridgehead atoms. The predicted molar refractivity (Wildman–Crippen MR) is 48.5 cm³/mol. The highest BCUT2D eigenvalue weighted by Crippen LogP contribution is 2.23. The van der Waals surface area contributed by atoms with Gasteiger partial charge < -0.3 is 5.32 Å². The Kier molecular flexibility index (Phi) is 2.23. The second-order valence-corrected chi connectivity index (χ2v) is 3.57. The van der Waals surface area contributed by atoms with Crippen LogP contribution in [0.15, 0.2) is 11.8 Å². The highest BCUT2D eigenvalue weighted by molar-refractivity contribution is 5.23. The van der Waals surface area contributed by atoms with Crippen molar-refractivity contribution in [3.05, 3.63) is 11.8 Å². The van der Waals surface area contributed by atoms with Gasteiger partial charge in [-0.05, 0) is 33.5 Å². The molecule has 0 aliphatic carbocycles. The molecular formula is C9H18N2. The van der Waals surface area contributed by atoms with Crippen molar-refractivity contribution < 1.29 is 0 Å². The summed E-state index contributed by atoms with van der Waals surface area (Å²) in [6, 6.07) is 0. The van der Waals surface area contributed by atoms with Crippen LogP contribution in [-0.4, -0.2) is 30.6 Å². The average Bonchev–Trinajstić information content (AvgIpc) is 1.81. The van der Waals surface area contributed by atoms with Crippen LogP contribution in [0.5, 0.6) is 0 Å². The first-order valence-electron chi connectivity index (χ1n) is 4.24. The van der Waals surface area contributed by atoms with Gasteiger partial charge in [-0.15, -0.1) is 0 Å². The summed E-state index contributed by atoms with van der Waals surface area (Å²) in [7, 11) is 2.15. The summed E-state index contributed by atoms with van der Waals surface area (Å²) in [5.74, 6) is 0. The number of nitrogens with zero attached hydrogens (tertiary/aromatic N) is 1. The summed E-state index contributed by atoms with van der Waals surface area (Å²) in [5.41, 5.74) is 1.55. The molecule has 0 saturated heterocycles. The Labute approximate surface area is 69.3 Å². The van der Waals surface area contributed by atoms with Crippen LogP contribution in [0, 0.1) is 0 Å². The lowest BCUT2D eigenvalue weighted by atomic mass is 9.95. The molecule has 0 saturated carbocycles. The molecule has 0 amide bonds. The summed E-state index contributed by atoms with van der Waals surface area (Å²) < 4.78 is 0. The van der Waals surface area contributed by atoms with Gasteiger partial charge in [-0.3, -0.25) is 4.90 Å². The van der Waals surface area contributed by atoms with Gasteiger partial charge in [-0.1, -0.05) is 6.92 Å². The molecule has 1 aliphatic heterocycles. The van der Waals surface area contributed by atoms with Gasteiger partial charge in [0.1, 0.15) is 0 Å². The van der Waals surface area contributed by atoms with Gasteiger partial charge >= 0.3 is 0 Å². The van der Waals surface area contributed by atoms with Crippen molar-refractivity contribution in [1.29, 1.82) is 0 Å². The molecule has 2 nitrogen and oxygen atoms in total. The van der Waals surface area contributed by atoms with Crippen LogP contribution in [0.25, 0.3) is 0 Å². The SMILES string of the molecule is CCN(C)C(C)(C)C1=CCN1. The Bertz CT molecular complexity index is 170. The van der Waals surface area contributed by atoms with Crippen molar-refractivity contribution in [3.63, 3.8) is 0 Å². The van der Waals surface area contributed by atoms with Gasteiger partial charge in [0.2, 0.25) is 0 Å². The van der Waals surface area contributed by atoms with Crippen molar-refractivity contribution >= 4 is 0 Å². The smallest absolute Gasteiger partial charge is 0.0545 e. The molecule has 64 valence electrons. The Morgan fingerprint density at radius 2 is 2.18 bits per heavy atom. The molecule has 2 heteroatoms. The minimum Gasteiger partial charge on any atom is -0.383 e. The van der Waals surface area contributed by atoms with Crippen LogP contribution in [0.1, 0.15) is 20.8 Å². The van der Waals surface area contributed by atoms with Gasteiger partial charge in [-0.2, -0.15) is 0 Å². The van der Waals surface area contributed by atoms with E-state index in [1.807, 2.05) is 0 Å². The Hall–Kier alpha value is -0.500. The molecule has 0 spiro atoms. The van der Waals surface area contributed by atoms with Crippen molar-refractivity contribution in [3.8, 4) is 0 Å². The predicted octanol–water partition coefficient (Wildman–Crippen LogP) is 1.20. The van der Waals surface area contributed by atoms with E-state index in [4.69, 9.17) is 0 Å². The van der Waals surface area contributed by atoms with E-state index in [0.29, 0.717) is 0 Å². The average molecular weight is 154 g/mol. The largest absolute Gasteiger partial charge is 0.383 e. The van der Waals surface area contributed by atoms with E-state index in [-0.39, 0.29) is 5.54 Å². The second kappa shape index (κ2) is 2.86. The number of likely N-dealkylation sites (N-methyl/N-ethyl adjacent to an activating group) is 1. The maximum atomic E-state index is 3.32. The van der Waals surface area contributed by atoms with Gasteiger partial charge in [0.15, 0.2) is 0 Å². The fourth-order valence-corrected chi connectivity index (χ4v) is 1.27. The van der Waals surface area contributed by atoms with Gasteiger partial charge in [0, 0.05) is 12.2 Å². The molecule has 0 atom stereocenters. The van der Waals surface area contributed by atoms with E-state index in [9.17, 15) is 0 Å². The summed E-state index contributed by atoms with van der Waals surface area (Å²) in [6.45, 7) is 8.80. The Balaban J connectivity index is 2.64. The normalized spacial score (nSPS) is 17.4. The first kappa shape index (κ1) is 8.60. The zero-order valence-electron chi connectivity index (χ0n) is 7.94. The molecule has 0 unspecified atom stereocenters. The summed E-state index contributed by atoms with van der Waals surface area (Å²) in [4.78, 5) is 2.34. The van der Waals surface area contributed by atoms with E-state index < -0.39 is 0 Å². The number of rotatable bonds is 3. The molecule has 0 aromatic rings. The van der Waals surface area contributed by atoms with Crippen LogP contribution in [0.4, 0.5) is 0 Å². The van der Waals surface area contributed by atoms with E-state index >= 15 is 0 Å². The fourth-order valence-electron chi connectivity index (χ4n) is 1.27. The first-order valence-corrected chi connectivity index (χ1v) is 4.24. The van der Waals surface area contributed by atoms with Crippen molar-refractivity contribution in [1.82, 2.24) is 10.2 Å². The standard InChI is InChI=1S/C9H18N2/c1-5-11(4)9(2,3)8-6-7-10-8/h6,10H,5,7H2,1-4H3.